The summed E-state index contributed by atoms with van der Waals surface area (Å²) >= 11 is 0. The molecule has 1 aromatic heterocycles. The van der Waals surface area contributed by atoms with E-state index < -0.39 is 0 Å². The molecule has 0 saturated carbocycles. The summed E-state index contributed by atoms with van der Waals surface area (Å²) in [7, 11) is 1.94. The Morgan fingerprint density at radius 2 is 2.00 bits per heavy atom. The summed E-state index contributed by atoms with van der Waals surface area (Å²) in [4.78, 5) is 0. The van der Waals surface area contributed by atoms with Gasteiger partial charge >= 0.3 is 0 Å². The van der Waals surface area contributed by atoms with Crippen LogP contribution in [0.3, 0.4) is 0 Å². The van der Waals surface area contributed by atoms with E-state index in [4.69, 9.17) is 0 Å². The number of nitrogens with zero attached hydrogens (tertiary/aromatic N) is 2. The van der Waals surface area contributed by atoms with Crippen LogP contribution in [0, 0.1) is 6.92 Å². The first kappa shape index (κ1) is 7.22. The quantitative estimate of drug-likeness (QED) is 0.530. The molecule has 60 valence electrons. The highest BCUT2D eigenvalue weighted by Crippen LogP contribution is 2.12. The summed E-state index contributed by atoms with van der Waals surface area (Å²) < 4.78 is 1.84. The maximum Gasteiger partial charge on any atom is 0.199 e. The van der Waals surface area contributed by atoms with Gasteiger partial charge in [-0.1, -0.05) is 22.9 Å². The minimum absolute atomic E-state index is 1.06. The molecule has 0 aliphatic heterocycles. The molecule has 0 spiro atoms. The first-order valence-corrected chi connectivity index (χ1v) is 4.00. The van der Waals surface area contributed by atoms with Crippen LogP contribution in [0.2, 0.25) is 0 Å². The van der Waals surface area contributed by atoms with Gasteiger partial charge in [-0.15, -0.1) is 0 Å². The van der Waals surface area contributed by atoms with E-state index in [9.17, 15) is 0 Å². The lowest BCUT2D eigenvalue weighted by atomic mass is 10.1. The van der Waals surface area contributed by atoms with E-state index in [1.165, 1.54) is 10.9 Å². The first-order valence-electron chi connectivity index (χ1n) is 4.00. The number of aromatic nitrogens is 2. The highest BCUT2D eigenvalue weighted by atomic mass is 15.2. The Morgan fingerprint density at radius 1 is 1.25 bits per heavy atom. The highest BCUT2D eigenvalue weighted by Gasteiger charge is 2.03. The molecule has 0 aliphatic rings. The van der Waals surface area contributed by atoms with Gasteiger partial charge in [0.15, 0.2) is 13.2 Å². The molecule has 2 nitrogen and oxygen atoms in total. The van der Waals surface area contributed by atoms with Gasteiger partial charge in [0, 0.05) is 10.9 Å². The second-order valence-electron chi connectivity index (χ2n) is 3.00. The van der Waals surface area contributed by atoms with Crippen molar-refractivity contribution in [3.63, 3.8) is 0 Å². The van der Waals surface area contributed by atoms with E-state index in [2.05, 4.69) is 18.1 Å². The molecule has 1 aromatic carbocycles. The molecular weight excluding hydrogens is 148 g/mol. The number of hydrogen-bond donors (Lipinski definition) is 0. The van der Waals surface area contributed by atoms with Crippen LogP contribution in [0.4, 0.5) is 0 Å². The summed E-state index contributed by atoms with van der Waals surface area (Å²) in [6, 6.07) is 8.17. The average molecular weight is 159 g/mol. The van der Waals surface area contributed by atoms with E-state index in [-0.39, 0.29) is 0 Å². The Bertz CT molecular complexity index is 421. The zero-order chi connectivity index (χ0) is 8.55. The molecule has 0 amide bonds. The summed E-state index contributed by atoms with van der Waals surface area (Å²) in [5.74, 6) is 0. The Kier molecular flexibility index (Phi) is 1.54. The van der Waals surface area contributed by atoms with E-state index in [0.717, 1.165) is 5.52 Å². The van der Waals surface area contributed by atoms with Crippen molar-refractivity contribution in [1.82, 2.24) is 5.10 Å². The van der Waals surface area contributed by atoms with Gasteiger partial charge in [0.2, 0.25) is 0 Å². The molecular formula is C10H11N2+. The zero-order valence-corrected chi connectivity index (χ0v) is 7.28. The third kappa shape index (κ3) is 1.05. The minimum Gasteiger partial charge on any atom is -0.0931 e. The van der Waals surface area contributed by atoms with Crippen molar-refractivity contribution in [2.45, 2.75) is 6.92 Å². The van der Waals surface area contributed by atoms with Gasteiger partial charge in [-0.25, -0.2) is 0 Å². The second kappa shape index (κ2) is 2.55. The molecule has 2 aromatic rings. The van der Waals surface area contributed by atoms with Crippen molar-refractivity contribution in [3.8, 4) is 0 Å². The molecule has 0 radical (unpaired) electrons. The topological polar surface area (TPSA) is 16.8 Å². The van der Waals surface area contributed by atoms with E-state index in [1.807, 2.05) is 36.1 Å². The van der Waals surface area contributed by atoms with Crippen molar-refractivity contribution in [1.29, 1.82) is 0 Å². The second-order valence-corrected chi connectivity index (χ2v) is 3.00. The summed E-state index contributed by atoms with van der Waals surface area (Å²) in [5.41, 5.74) is 2.32. The van der Waals surface area contributed by atoms with Gasteiger partial charge in [0.1, 0.15) is 5.52 Å². The first-order chi connectivity index (χ1) is 5.77. The fourth-order valence-corrected chi connectivity index (χ4v) is 1.44. The summed E-state index contributed by atoms with van der Waals surface area (Å²) in [6.07, 6.45) is 2.03. The van der Waals surface area contributed by atoms with Gasteiger partial charge in [-0.05, 0) is 18.1 Å². The number of rotatable bonds is 0. The zero-order valence-electron chi connectivity index (χ0n) is 7.28. The molecule has 0 bridgehead atoms. The smallest absolute Gasteiger partial charge is 0.0931 e. The van der Waals surface area contributed by atoms with Crippen molar-refractivity contribution in [2.75, 3.05) is 0 Å². The Hall–Kier alpha value is -1.44. The Labute approximate surface area is 71.5 Å². The van der Waals surface area contributed by atoms with Crippen molar-refractivity contribution < 1.29 is 4.68 Å². The van der Waals surface area contributed by atoms with Crippen LogP contribution in [0.1, 0.15) is 5.56 Å². The van der Waals surface area contributed by atoms with Crippen LogP contribution in [-0.2, 0) is 7.05 Å². The van der Waals surface area contributed by atoms with Crippen LogP contribution in [0.5, 0.6) is 0 Å². The highest BCUT2D eigenvalue weighted by molar-refractivity contribution is 5.80. The number of benzene rings is 1. The lowest BCUT2D eigenvalue weighted by Gasteiger charge is -1.96. The maximum atomic E-state index is 4.35. The summed E-state index contributed by atoms with van der Waals surface area (Å²) in [6.45, 7) is 2.10. The fourth-order valence-electron chi connectivity index (χ4n) is 1.44. The van der Waals surface area contributed by atoms with Crippen LogP contribution in [0.25, 0.3) is 10.9 Å². The average Bonchev–Trinajstić information content (AvgIpc) is 2.04. The number of fused-ring (bicyclic) bond motifs is 1. The Morgan fingerprint density at radius 3 is 2.83 bits per heavy atom. The molecule has 0 aliphatic carbocycles. The standard InChI is InChI=1S/C10H11N2/c1-8-7-12(2)11-10-6-4-3-5-9(8)10/h3-7H,1-2H3/q+1. The number of aryl methyl sites for hydroxylation is 2. The molecule has 2 rings (SSSR count). The van der Waals surface area contributed by atoms with Gasteiger partial charge < -0.3 is 0 Å². The molecule has 0 unspecified atom stereocenters. The van der Waals surface area contributed by atoms with Crippen molar-refractivity contribution in [2.24, 2.45) is 7.05 Å². The summed E-state index contributed by atoms with van der Waals surface area (Å²) in [5, 5.41) is 5.59. The Balaban J connectivity index is 2.89. The van der Waals surface area contributed by atoms with Crippen LogP contribution in [0.15, 0.2) is 30.5 Å². The monoisotopic (exact) mass is 159 g/mol. The van der Waals surface area contributed by atoms with Gasteiger partial charge in [-0.2, -0.15) is 0 Å². The van der Waals surface area contributed by atoms with Gasteiger partial charge in [0.05, 0.1) is 0 Å². The molecule has 0 N–H and O–H groups in total. The predicted octanol–water partition coefficient (Wildman–Crippen LogP) is 1.37. The lowest BCUT2D eigenvalue weighted by Crippen LogP contribution is -2.32. The lowest BCUT2D eigenvalue weighted by molar-refractivity contribution is -0.728. The van der Waals surface area contributed by atoms with E-state index >= 15 is 0 Å². The largest absolute Gasteiger partial charge is 0.199 e. The van der Waals surface area contributed by atoms with Gasteiger partial charge in [0.25, 0.3) is 0 Å². The molecule has 0 atom stereocenters. The van der Waals surface area contributed by atoms with Crippen LogP contribution < -0.4 is 4.68 Å². The van der Waals surface area contributed by atoms with E-state index in [0.29, 0.717) is 0 Å². The van der Waals surface area contributed by atoms with Gasteiger partial charge in [-0.3, -0.25) is 0 Å². The van der Waals surface area contributed by atoms with Crippen LogP contribution >= 0.6 is 0 Å². The number of hydrogen-bond acceptors (Lipinski definition) is 1. The fraction of sp³-hybridized carbons (Fsp3) is 0.200. The molecule has 0 fully saturated rings. The molecule has 12 heavy (non-hydrogen) atoms. The normalized spacial score (nSPS) is 10.5. The molecule has 1 heterocycles. The molecule has 0 saturated heterocycles. The SMILES string of the molecule is Cc1c[n+](C)nc2ccccc12. The molecule has 2 heteroatoms. The van der Waals surface area contributed by atoms with Crippen LogP contribution in [-0.4, -0.2) is 5.10 Å². The third-order valence-corrected chi connectivity index (χ3v) is 1.97. The third-order valence-electron chi connectivity index (χ3n) is 1.97. The minimum atomic E-state index is 1.06. The maximum absolute atomic E-state index is 4.35. The predicted molar refractivity (Wildman–Crippen MR) is 47.7 cm³/mol. The van der Waals surface area contributed by atoms with Crippen molar-refractivity contribution >= 4 is 10.9 Å². The van der Waals surface area contributed by atoms with E-state index in [1.54, 1.807) is 0 Å². The van der Waals surface area contributed by atoms with Crippen molar-refractivity contribution in [3.05, 3.63) is 36.0 Å².